The number of rotatable bonds is 5. The molecule has 1 nitrogen and oxygen atoms in total. The SMILES string of the molecule is CCC(C)C(C)NC1CCCC1CC. The van der Waals surface area contributed by atoms with E-state index < -0.39 is 0 Å². The summed E-state index contributed by atoms with van der Waals surface area (Å²) in [6.45, 7) is 9.32. The Morgan fingerprint density at radius 2 is 1.93 bits per heavy atom. The Hall–Kier alpha value is -0.0400. The van der Waals surface area contributed by atoms with E-state index in [0.717, 1.165) is 17.9 Å². The normalized spacial score (nSPS) is 31.7. The predicted molar refractivity (Wildman–Crippen MR) is 63.5 cm³/mol. The average Bonchev–Trinajstić information content (AvgIpc) is 2.63. The van der Waals surface area contributed by atoms with Crippen molar-refractivity contribution in [2.75, 3.05) is 0 Å². The highest BCUT2D eigenvalue weighted by atomic mass is 15.0. The third-order valence-corrected chi connectivity index (χ3v) is 4.16. The van der Waals surface area contributed by atoms with Gasteiger partial charge in [-0.25, -0.2) is 0 Å². The van der Waals surface area contributed by atoms with E-state index in [1.165, 1.54) is 32.1 Å². The van der Waals surface area contributed by atoms with Crippen molar-refractivity contribution in [1.82, 2.24) is 5.32 Å². The Morgan fingerprint density at radius 1 is 1.21 bits per heavy atom. The van der Waals surface area contributed by atoms with Gasteiger partial charge in [-0.1, -0.05) is 40.0 Å². The Morgan fingerprint density at radius 3 is 2.50 bits per heavy atom. The first-order valence-corrected chi connectivity index (χ1v) is 6.45. The summed E-state index contributed by atoms with van der Waals surface area (Å²) < 4.78 is 0. The molecule has 0 aromatic rings. The van der Waals surface area contributed by atoms with Gasteiger partial charge in [0.05, 0.1) is 0 Å². The van der Waals surface area contributed by atoms with Crippen LogP contribution < -0.4 is 5.32 Å². The van der Waals surface area contributed by atoms with Crippen LogP contribution in [0, 0.1) is 11.8 Å². The first-order valence-electron chi connectivity index (χ1n) is 6.45. The minimum absolute atomic E-state index is 0.692. The van der Waals surface area contributed by atoms with Gasteiger partial charge < -0.3 is 5.32 Å². The second kappa shape index (κ2) is 5.75. The number of hydrogen-bond acceptors (Lipinski definition) is 1. The minimum atomic E-state index is 0.692. The van der Waals surface area contributed by atoms with E-state index in [1.54, 1.807) is 0 Å². The smallest absolute Gasteiger partial charge is 0.00978 e. The number of hydrogen-bond donors (Lipinski definition) is 1. The quantitative estimate of drug-likeness (QED) is 0.710. The Kier molecular flexibility index (Phi) is 4.94. The third-order valence-electron chi connectivity index (χ3n) is 4.16. The van der Waals surface area contributed by atoms with E-state index in [4.69, 9.17) is 0 Å². The zero-order valence-corrected chi connectivity index (χ0v) is 10.3. The van der Waals surface area contributed by atoms with E-state index in [1.807, 2.05) is 0 Å². The highest BCUT2D eigenvalue weighted by Crippen LogP contribution is 2.29. The fourth-order valence-electron chi connectivity index (χ4n) is 2.60. The molecule has 0 aromatic heterocycles. The van der Waals surface area contributed by atoms with Crippen LogP contribution in [-0.2, 0) is 0 Å². The van der Waals surface area contributed by atoms with Crippen LogP contribution in [0.1, 0.15) is 59.8 Å². The van der Waals surface area contributed by atoms with Crippen LogP contribution in [0.5, 0.6) is 0 Å². The van der Waals surface area contributed by atoms with Crippen LogP contribution >= 0.6 is 0 Å². The molecule has 0 aliphatic heterocycles. The molecule has 1 aliphatic carbocycles. The molecule has 14 heavy (non-hydrogen) atoms. The van der Waals surface area contributed by atoms with Gasteiger partial charge in [-0.05, 0) is 31.6 Å². The largest absolute Gasteiger partial charge is 0.311 e. The van der Waals surface area contributed by atoms with E-state index >= 15 is 0 Å². The fraction of sp³-hybridized carbons (Fsp3) is 1.00. The van der Waals surface area contributed by atoms with Gasteiger partial charge in [0.15, 0.2) is 0 Å². The molecule has 1 fully saturated rings. The van der Waals surface area contributed by atoms with Gasteiger partial charge in [0.25, 0.3) is 0 Å². The molecule has 0 amide bonds. The summed E-state index contributed by atoms with van der Waals surface area (Å²) in [7, 11) is 0. The van der Waals surface area contributed by atoms with E-state index in [-0.39, 0.29) is 0 Å². The van der Waals surface area contributed by atoms with E-state index in [0.29, 0.717) is 6.04 Å². The van der Waals surface area contributed by atoms with E-state index in [2.05, 4.69) is 33.0 Å². The summed E-state index contributed by atoms with van der Waals surface area (Å²) in [5, 5.41) is 3.83. The number of nitrogens with one attached hydrogen (secondary N) is 1. The van der Waals surface area contributed by atoms with Crippen LogP contribution in [0.2, 0.25) is 0 Å². The summed E-state index contributed by atoms with van der Waals surface area (Å²) >= 11 is 0. The van der Waals surface area contributed by atoms with Gasteiger partial charge in [0.2, 0.25) is 0 Å². The molecule has 0 bridgehead atoms. The van der Waals surface area contributed by atoms with Crippen LogP contribution in [0.15, 0.2) is 0 Å². The maximum atomic E-state index is 3.83. The van der Waals surface area contributed by atoms with Gasteiger partial charge >= 0.3 is 0 Å². The Balaban J connectivity index is 2.35. The van der Waals surface area contributed by atoms with Crippen LogP contribution in [-0.4, -0.2) is 12.1 Å². The molecule has 0 spiro atoms. The summed E-state index contributed by atoms with van der Waals surface area (Å²) in [6, 6.07) is 1.50. The Labute approximate surface area is 89.7 Å². The van der Waals surface area contributed by atoms with E-state index in [9.17, 15) is 0 Å². The molecule has 1 saturated carbocycles. The molecule has 1 N–H and O–H groups in total. The molecule has 4 atom stereocenters. The molecule has 0 radical (unpaired) electrons. The molecule has 4 unspecified atom stereocenters. The maximum Gasteiger partial charge on any atom is 0.00978 e. The standard InChI is InChI=1S/C13H27N/c1-5-10(3)11(4)14-13-9-7-8-12(13)6-2/h10-14H,5-9H2,1-4H3. The summed E-state index contributed by atoms with van der Waals surface area (Å²) in [4.78, 5) is 0. The van der Waals surface area contributed by atoms with Crippen molar-refractivity contribution >= 4 is 0 Å². The zero-order chi connectivity index (χ0) is 10.6. The highest BCUT2D eigenvalue weighted by Gasteiger charge is 2.27. The lowest BCUT2D eigenvalue weighted by Crippen LogP contribution is -2.41. The van der Waals surface area contributed by atoms with Crippen molar-refractivity contribution in [3.63, 3.8) is 0 Å². The fourth-order valence-corrected chi connectivity index (χ4v) is 2.60. The van der Waals surface area contributed by atoms with Crippen LogP contribution in [0.4, 0.5) is 0 Å². The van der Waals surface area contributed by atoms with Crippen molar-refractivity contribution < 1.29 is 0 Å². The summed E-state index contributed by atoms with van der Waals surface area (Å²) in [5.74, 6) is 1.76. The van der Waals surface area contributed by atoms with Gasteiger partial charge in [-0.15, -0.1) is 0 Å². The molecule has 1 rings (SSSR count). The minimum Gasteiger partial charge on any atom is -0.311 e. The molecule has 1 aliphatic rings. The van der Waals surface area contributed by atoms with Gasteiger partial charge in [-0.2, -0.15) is 0 Å². The molecular formula is C13H27N. The highest BCUT2D eigenvalue weighted by molar-refractivity contribution is 4.85. The predicted octanol–water partition coefficient (Wildman–Crippen LogP) is 3.59. The molecule has 0 aromatic carbocycles. The lowest BCUT2D eigenvalue weighted by molar-refractivity contribution is 0.303. The lowest BCUT2D eigenvalue weighted by atomic mass is 9.96. The summed E-state index contributed by atoms with van der Waals surface area (Å²) in [5.41, 5.74) is 0. The second-order valence-electron chi connectivity index (χ2n) is 5.05. The molecular weight excluding hydrogens is 170 g/mol. The monoisotopic (exact) mass is 197 g/mol. The van der Waals surface area contributed by atoms with Gasteiger partial charge in [0, 0.05) is 12.1 Å². The first kappa shape index (κ1) is 12.0. The second-order valence-corrected chi connectivity index (χ2v) is 5.05. The van der Waals surface area contributed by atoms with Crippen molar-refractivity contribution in [3.05, 3.63) is 0 Å². The topological polar surface area (TPSA) is 12.0 Å². The van der Waals surface area contributed by atoms with Crippen LogP contribution in [0.25, 0.3) is 0 Å². The van der Waals surface area contributed by atoms with Crippen molar-refractivity contribution in [2.24, 2.45) is 11.8 Å². The Bertz CT molecular complexity index is 155. The van der Waals surface area contributed by atoms with Crippen molar-refractivity contribution in [1.29, 1.82) is 0 Å². The molecule has 0 saturated heterocycles. The van der Waals surface area contributed by atoms with Gasteiger partial charge in [0.1, 0.15) is 0 Å². The van der Waals surface area contributed by atoms with Crippen molar-refractivity contribution in [2.45, 2.75) is 71.9 Å². The lowest BCUT2D eigenvalue weighted by Gasteiger charge is -2.27. The molecule has 1 heteroatoms. The first-order chi connectivity index (χ1) is 6.69. The zero-order valence-electron chi connectivity index (χ0n) is 10.3. The molecule has 0 heterocycles. The summed E-state index contributed by atoms with van der Waals surface area (Å²) in [6.07, 6.45) is 6.92. The van der Waals surface area contributed by atoms with Crippen LogP contribution in [0.3, 0.4) is 0 Å². The van der Waals surface area contributed by atoms with Crippen molar-refractivity contribution in [3.8, 4) is 0 Å². The third kappa shape index (κ3) is 2.98. The average molecular weight is 197 g/mol. The molecule has 84 valence electrons. The maximum absolute atomic E-state index is 3.83. The van der Waals surface area contributed by atoms with Gasteiger partial charge in [-0.3, -0.25) is 0 Å².